The SMILES string of the molecule is Cc1ccc(Cl)cc1NC(=O)c1sccc1C=CC(=O)O. The minimum Gasteiger partial charge on any atom is -0.478 e. The zero-order chi connectivity index (χ0) is 15.4. The van der Waals surface area contributed by atoms with Crippen LogP contribution in [-0.2, 0) is 4.79 Å². The summed E-state index contributed by atoms with van der Waals surface area (Å²) in [5, 5.41) is 13.7. The van der Waals surface area contributed by atoms with Crippen LogP contribution in [0.2, 0.25) is 5.02 Å². The van der Waals surface area contributed by atoms with Crippen LogP contribution in [0.15, 0.2) is 35.7 Å². The molecule has 2 aromatic rings. The molecular formula is C15H12ClNO3S. The number of carboxylic acid groups (broad SMARTS) is 1. The van der Waals surface area contributed by atoms with Gasteiger partial charge in [0.05, 0.1) is 4.88 Å². The topological polar surface area (TPSA) is 66.4 Å². The highest BCUT2D eigenvalue weighted by molar-refractivity contribution is 7.12. The number of benzene rings is 1. The van der Waals surface area contributed by atoms with E-state index in [-0.39, 0.29) is 5.91 Å². The molecule has 0 bridgehead atoms. The molecule has 4 nitrogen and oxygen atoms in total. The maximum Gasteiger partial charge on any atom is 0.328 e. The third-order valence-corrected chi connectivity index (χ3v) is 3.92. The Bertz CT molecular complexity index is 721. The van der Waals surface area contributed by atoms with E-state index in [0.29, 0.717) is 21.2 Å². The Labute approximate surface area is 130 Å². The molecule has 6 heteroatoms. The van der Waals surface area contributed by atoms with Crippen molar-refractivity contribution in [2.75, 3.05) is 5.32 Å². The van der Waals surface area contributed by atoms with Crippen LogP contribution in [0, 0.1) is 6.92 Å². The molecule has 2 N–H and O–H groups in total. The number of aliphatic carboxylic acids is 1. The first-order valence-corrected chi connectivity index (χ1v) is 7.29. The number of halogens is 1. The van der Waals surface area contributed by atoms with Crippen molar-refractivity contribution >= 4 is 46.6 Å². The van der Waals surface area contributed by atoms with Crippen molar-refractivity contribution in [2.24, 2.45) is 0 Å². The Kier molecular flexibility index (Phi) is 4.77. The van der Waals surface area contributed by atoms with Crippen molar-refractivity contribution in [1.82, 2.24) is 0 Å². The number of hydrogen-bond acceptors (Lipinski definition) is 3. The van der Waals surface area contributed by atoms with Crippen LogP contribution in [0.5, 0.6) is 0 Å². The van der Waals surface area contributed by atoms with Crippen LogP contribution in [0.25, 0.3) is 6.08 Å². The van der Waals surface area contributed by atoms with E-state index in [1.807, 2.05) is 13.0 Å². The molecule has 1 aromatic heterocycles. The van der Waals surface area contributed by atoms with Crippen molar-refractivity contribution in [2.45, 2.75) is 6.92 Å². The highest BCUT2D eigenvalue weighted by Crippen LogP contribution is 2.24. The second kappa shape index (κ2) is 6.56. The van der Waals surface area contributed by atoms with E-state index in [0.717, 1.165) is 11.6 Å². The first-order chi connectivity index (χ1) is 9.97. The quantitative estimate of drug-likeness (QED) is 0.834. The molecule has 0 saturated carbocycles. The molecule has 2 rings (SSSR count). The Hall–Kier alpha value is -2.11. The lowest BCUT2D eigenvalue weighted by Crippen LogP contribution is -2.12. The predicted octanol–water partition coefficient (Wildman–Crippen LogP) is 4.06. The van der Waals surface area contributed by atoms with E-state index < -0.39 is 5.97 Å². The van der Waals surface area contributed by atoms with Crippen LogP contribution in [0.1, 0.15) is 20.8 Å². The first kappa shape index (κ1) is 15.3. The lowest BCUT2D eigenvalue weighted by atomic mass is 10.2. The van der Waals surface area contributed by atoms with Gasteiger partial charge in [0.15, 0.2) is 0 Å². The summed E-state index contributed by atoms with van der Waals surface area (Å²) in [5.41, 5.74) is 2.10. The average molecular weight is 322 g/mol. The van der Waals surface area contributed by atoms with Crippen molar-refractivity contribution in [1.29, 1.82) is 0 Å². The number of carboxylic acids is 1. The Morgan fingerprint density at radius 2 is 2.10 bits per heavy atom. The second-order valence-electron chi connectivity index (χ2n) is 4.29. The van der Waals surface area contributed by atoms with Crippen LogP contribution in [-0.4, -0.2) is 17.0 Å². The van der Waals surface area contributed by atoms with Gasteiger partial charge in [-0.2, -0.15) is 0 Å². The highest BCUT2D eigenvalue weighted by atomic mass is 35.5. The molecule has 21 heavy (non-hydrogen) atoms. The predicted molar refractivity (Wildman–Crippen MR) is 85.1 cm³/mol. The molecule has 0 saturated heterocycles. The van der Waals surface area contributed by atoms with Crippen molar-refractivity contribution in [3.8, 4) is 0 Å². The Balaban J connectivity index is 2.23. The van der Waals surface area contributed by atoms with Crippen LogP contribution in [0.3, 0.4) is 0 Å². The number of thiophene rings is 1. The van der Waals surface area contributed by atoms with Gasteiger partial charge in [0, 0.05) is 16.8 Å². The first-order valence-electron chi connectivity index (χ1n) is 6.03. The monoisotopic (exact) mass is 321 g/mol. The summed E-state index contributed by atoms with van der Waals surface area (Å²) >= 11 is 7.17. The molecule has 0 aliphatic carbocycles. The number of rotatable bonds is 4. The summed E-state index contributed by atoms with van der Waals surface area (Å²) in [6.45, 7) is 1.87. The van der Waals surface area contributed by atoms with Gasteiger partial charge >= 0.3 is 5.97 Å². The molecule has 1 heterocycles. The Morgan fingerprint density at radius 3 is 2.81 bits per heavy atom. The van der Waals surface area contributed by atoms with Crippen LogP contribution < -0.4 is 5.32 Å². The number of nitrogens with one attached hydrogen (secondary N) is 1. The molecule has 0 aliphatic rings. The van der Waals surface area contributed by atoms with E-state index in [9.17, 15) is 9.59 Å². The van der Waals surface area contributed by atoms with Gasteiger partial charge in [0.1, 0.15) is 0 Å². The van der Waals surface area contributed by atoms with Gasteiger partial charge in [-0.1, -0.05) is 17.7 Å². The fourth-order valence-corrected chi connectivity index (χ4v) is 2.66. The molecule has 108 valence electrons. The zero-order valence-corrected chi connectivity index (χ0v) is 12.7. The lowest BCUT2D eigenvalue weighted by molar-refractivity contribution is -0.131. The zero-order valence-electron chi connectivity index (χ0n) is 11.1. The van der Waals surface area contributed by atoms with Gasteiger partial charge in [-0.05, 0) is 47.7 Å². The fourth-order valence-electron chi connectivity index (χ4n) is 1.70. The van der Waals surface area contributed by atoms with Crippen LogP contribution in [0.4, 0.5) is 5.69 Å². The minimum atomic E-state index is -1.06. The van der Waals surface area contributed by atoms with Gasteiger partial charge in [-0.25, -0.2) is 4.79 Å². The molecule has 1 aromatic carbocycles. The van der Waals surface area contributed by atoms with E-state index in [1.165, 1.54) is 17.4 Å². The molecule has 0 aliphatic heterocycles. The summed E-state index contributed by atoms with van der Waals surface area (Å²) in [7, 11) is 0. The summed E-state index contributed by atoms with van der Waals surface area (Å²) in [6.07, 6.45) is 2.40. The Morgan fingerprint density at radius 1 is 1.33 bits per heavy atom. The third kappa shape index (κ3) is 3.93. The number of hydrogen-bond donors (Lipinski definition) is 2. The van der Waals surface area contributed by atoms with E-state index in [4.69, 9.17) is 16.7 Å². The summed E-state index contributed by atoms with van der Waals surface area (Å²) < 4.78 is 0. The standard InChI is InChI=1S/C15H12ClNO3S/c1-9-2-4-11(16)8-12(9)17-15(20)14-10(6-7-21-14)3-5-13(18)19/h2-8H,1H3,(H,17,20)(H,18,19). The molecular weight excluding hydrogens is 310 g/mol. The van der Waals surface area contributed by atoms with E-state index >= 15 is 0 Å². The molecule has 1 amide bonds. The summed E-state index contributed by atoms with van der Waals surface area (Å²) in [6, 6.07) is 6.94. The van der Waals surface area contributed by atoms with E-state index in [2.05, 4.69) is 5.32 Å². The summed E-state index contributed by atoms with van der Waals surface area (Å²) in [5.74, 6) is -1.35. The minimum absolute atomic E-state index is 0.291. The highest BCUT2D eigenvalue weighted by Gasteiger charge is 2.13. The van der Waals surface area contributed by atoms with Crippen molar-refractivity contribution in [3.63, 3.8) is 0 Å². The second-order valence-corrected chi connectivity index (χ2v) is 5.64. The fraction of sp³-hybridized carbons (Fsp3) is 0.0667. The van der Waals surface area contributed by atoms with E-state index in [1.54, 1.807) is 23.6 Å². The largest absolute Gasteiger partial charge is 0.478 e. The number of anilines is 1. The number of amides is 1. The number of carbonyl (C=O) groups is 2. The van der Waals surface area contributed by atoms with Crippen molar-refractivity contribution < 1.29 is 14.7 Å². The molecule has 0 radical (unpaired) electrons. The van der Waals surface area contributed by atoms with Gasteiger partial charge in [0.2, 0.25) is 0 Å². The molecule has 0 atom stereocenters. The summed E-state index contributed by atoms with van der Waals surface area (Å²) in [4.78, 5) is 23.3. The normalized spacial score (nSPS) is 10.8. The van der Waals surface area contributed by atoms with Gasteiger partial charge in [-0.15, -0.1) is 11.3 Å². The molecule has 0 spiro atoms. The smallest absolute Gasteiger partial charge is 0.328 e. The molecule has 0 unspecified atom stereocenters. The van der Waals surface area contributed by atoms with Gasteiger partial charge in [0.25, 0.3) is 5.91 Å². The van der Waals surface area contributed by atoms with Gasteiger partial charge in [-0.3, -0.25) is 4.79 Å². The average Bonchev–Trinajstić information content (AvgIpc) is 2.89. The number of carbonyl (C=O) groups excluding carboxylic acids is 1. The molecule has 0 fully saturated rings. The van der Waals surface area contributed by atoms with Crippen molar-refractivity contribution in [3.05, 3.63) is 56.7 Å². The maximum atomic E-state index is 12.3. The lowest BCUT2D eigenvalue weighted by Gasteiger charge is -2.08. The third-order valence-electron chi connectivity index (χ3n) is 2.76. The van der Waals surface area contributed by atoms with Crippen LogP contribution >= 0.6 is 22.9 Å². The number of aryl methyl sites for hydroxylation is 1. The van der Waals surface area contributed by atoms with Gasteiger partial charge < -0.3 is 10.4 Å². The maximum absolute atomic E-state index is 12.3.